The summed E-state index contributed by atoms with van der Waals surface area (Å²) in [5, 5.41) is 0. The predicted molar refractivity (Wildman–Crippen MR) is 125 cm³/mol. The number of amides is 1. The molecule has 1 saturated heterocycles. The fraction of sp³-hybridized carbons (Fsp3) is 0.222. The molecule has 0 aromatic heterocycles. The summed E-state index contributed by atoms with van der Waals surface area (Å²) in [6.07, 6.45) is 3.55. The number of carbonyl (C=O) groups excluding carboxylic acids is 1. The summed E-state index contributed by atoms with van der Waals surface area (Å²) in [6, 6.07) is 28.4. The molecule has 1 aliphatic heterocycles. The van der Waals surface area contributed by atoms with Crippen molar-refractivity contribution in [2.45, 2.75) is 13.2 Å². The molecule has 0 aliphatic carbocycles. The third-order valence-corrected chi connectivity index (χ3v) is 5.48. The highest BCUT2D eigenvalue weighted by Gasteiger charge is 2.19. The summed E-state index contributed by atoms with van der Waals surface area (Å²) in [4.78, 5) is 16.9. The van der Waals surface area contributed by atoms with Crippen molar-refractivity contribution in [1.82, 2.24) is 9.80 Å². The Bertz CT molecular complexity index is 977. The van der Waals surface area contributed by atoms with Crippen molar-refractivity contribution in [2.24, 2.45) is 0 Å². The molecule has 0 spiro atoms. The van der Waals surface area contributed by atoms with Crippen LogP contribution in [0, 0.1) is 0 Å². The first-order chi connectivity index (χ1) is 15.3. The third kappa shape index (κ3) is 6.30. The first-order valence-corrected chi connectivity index (χ1v) is 10.8. The largest absolute Gasteiger partial charge is 0.489 e. The predicted octanol–water partition coefficient (Wildman–Crippen LogP) is 4.62. The summed E-state index contributed by atoms with van der Waals surface area (Å²) in [7, 11) is 0. The smallest absolute Gasteiger partial charge is 0.246 e. The van der Waals surface area contributed by atoms with E-state index in [9.17, 15) is 4.79 Å². The highest BCUT2D eigenvalue weighted by Crippen LogP contribution is 2.15. The molecule has 0 saturated carbocycles. The minimum Gasteiger partial charge on any atom is -0.489 e. The van der Waals surface area contributed by atoms with Gasteiger partial charge < -0.3 is 9.64 Å². The molecule has 4 nitrogen and oxygen atoms in total. The van der Waals surface area contributed by atoms with Crippen LogP contribution < -0.4 is 4.74 Å². The second-order valence-corrected chi connectivity index (χ2v) is 7.76. The topological polar surface area (TPSA) is 32.8 Å². The van der Waals surface area contributed by atoms with Crippen molar-refractivity contribution in [3.63, 3.8) is 0 Å². The maximum Gasteiger partial charge on any atom is 0.246 e. The van der Waals surface area contributed by atoms with Crippen LogP contribution in [0.15, 0.2) is 91.0 Å². The highest BCUT2D eigenvalue weighted by atomic mass is 16.5. The number of benzene rings is 3. The molecule has 1 fully saturated rings. The van der Waals surface area contributed by atoms with Crippen molar-refractivity contribution in [1.29, 1.82) is 0 Å². The van der Waals surface area contributed by atoms with Gasteiger partial charge in [0.2, 0.25) is 5.91 Å². The minimum absolute atomic E-state index is 0.0729. The molecule has 0 atom stereocenters. The zero-order valence-corrected chi connectivity index (χ0v) is 17.7. The van der Waals surface area contributed by atoms with Crippen LogP contribution in [0.2, 0.25) is 0 Å². The van der Waals surface area contributed by atoms with Gasteiger partial charge in [0, 0.05) is 38.8 Å². The number of piperazine rings is 1. The lowest BCUT2D eigenvalue weighted by atomic mass is 10.2. The molecular formula is C27H28N2O2. The number of hydrogen-bond donors (Lipinski definition) is 0. The maximum atomic E-state index is 12.6. The standard InChI is InChI=1S/C27H28N2O2/c30-27(29-19-17-28(18-20-29)21-24-7-3-1-4-8-24)16-13-23-11-14-26(15-12-23)31-22-25-9-5-2-6-10-25/h1-16H,17-22H2. The zero-order chi connectivity index (χ0) is 21.3. The van der Waals surface area contributed by atoms with Crippen LogP contribution in [0.1, 0.15) is 16.7 Å². The molecular weight excluding hydrogens is 384 g/mol. The highest BCUT2D eigenvalue weighted by molar-refractivity contribution is 5.91. The van der Waals surface area contributed by atoms with Crippen LogP contribution >= 0.6 is 0 Å². The second kappa shape index (κ2) is 10.6. The van der Waals surface area contributed by atoms with Crippen LogP contribution in [0.3, 0.4) is 0 Å². The lowest BCUT2D eigenvalue weighted by Crippen LogP contribution is -2.47. The molecule has 0 bridgehead atoms. The molecule has 1 heterocycles. The van der Waals surface area contributed by atoms with E-state index in [0.29, 0.717) is 6.61 Å². The van der Waals surface area contributed by atoms with E-state index in [4.69, 9.17) is 4.74 Å². The Kier molecular flexibility index (Phi) is 7.14. The number of carbonyl (C=O) groups is 1. The Hall–Kier alpha value is -3.37. The van der Waals surface area contributed by atoms with E-state index < -0.39 is 0 Å². The number of rotatable bonds is 7. The average Bonchev–Trinajstić information content (AvgIpc) is 2.84. The van der Waals surface area contributed by atoms with Gasteiger partial charge in [-0.3, -0.25) is 9.69 Å². The third-order valence-electron chi connectivity index (χ3n) is 5.48. The van der Waals surface area contributed by atoms with Crippen LogP contribution in [-0.4, -0.2) is 41.9 Å². The lowest BCUT2D eigenvalue weighted by Gasteiger charge is -2.34. The lowest BCUT2D eigenvalue weighted by molar-refractivity contribution is -0.127. The Labute approximate surface area is 184 Å². The zero-order valence-electron chi connectivity index (χ0n) is 17.7. The molecule has 158 valence electrons. The minimum atomic E-state index is 0.0729. The van der Waals surface area contributed by atoms with E-state index in [1.165, 1.54) is 5.56 Å². The first-order valence-electron chi connectivity index (χ1n) is 10.8. The van der Waals surface area contributed by atoms with Gasteiger partial charge in [-0.1, -0.05) is 72.8 Å². The summed E-state index contributed by atoms with van der Waals surface area (Å²) in [6.45, 7) is 4.83. The molecule has 31 heavy (non-hydrogen) atoms. The molecule has 1 amide bonds. The summed E-state index contributed by atoms with van der Waals surface area (Å²) in [5.74, 6) is 0.894. The van der Waals surface area contributed by atoms with Crippen molar-refractivity contribution in [2.75, 3.05) is 26.2 Å². The van der Waals surface area contributed by atoms with Crippen LogP contribution in [0.5, 0.6) is 5.75 Å². The number of nitrogens with zero attached hydrogens (tertiary/aromatic N) is 2. The molecule has 1 aliphatic rings. The van der Waals surface area contributed by atoms with E-state index in [-0.39, 0.29) is 5.91 Å². The average molecular weight is 413 g/mol. The van der Waals surface area contributed by atoms with Gasteiger partial charge in [0.25, 0.3) is 0 Å². The molecule has 4 heteroatoms. The van der Waals surface area contributed by atoms with Crippen molar-refractivity contribution < 1.29 is 9.53 Å². The quantitative estimate of drug-likeness (QED) is 0.531. The van der Waals surface area contributed by atoms with E-state index in [2.05, 4.69) is 29.2 Å². The van der Waals surface area contributed by atoms with Crippen LogP contribution in [0.4, 0.5) is 0 Å². The van der Waals surface area contributed by atoms with Gasteiger partial charge in [-0.2, -0.15) is 0 Å². The Morgan fingerprint density at radius 3 is 2.03 bits per heavy atom. The van der Waals surface area contributed by atoms with Gasteiger partial charge in [0.15, 0.2) is 0 Å². The summed E-state index contributed by atoms with van der Waals surface area (Å²) >= 11 is 0. The Balaban J connectivity index is 1.22. The molecule has 0 N–H and O–H groups in total. The normalized spacial score (nSPS) is 14.6. The fourth-order valence-electron chi connectivity index (χ4n) is 3.66. The van der Waals surface area contributed by atoms with Gasteiger partial charge in [0.05, 0.1) is 0 Å². The summed E-state index contributed by atoms with van der Waals surface area (Å²) < 4.78 is 5.82. The van der Waals surface area contributed by atoms with E-state index in [0.717, 1.165) is 49.6 Å². The van der Waals surface area contributed by atoms with Gasteiger partial charge >= 0.3 is 0 Å². The van der Waals surface area contributed by atoms with Crippen LogP contribution in [-0.2, 0) is 17.9 Å². The summed E-state index contributed by atoms with van der Waals surface area (Å²) in [5.41, 5.74) is 3.45. The molecule has 4 rings (SSSR count). The molecule has 0 radical (unpaired) electrons. The fourth-order valence-corrected chi connectivity index (χ4v) is 3.66. The van der Waals surface area contributed by atoms with E-state index in [1.807, 2.05) is 71.6 Å². The molecule has 3 aromatic rings. The molecule has 3 aromatic carbocycles. The number of ether oxygens (including phenoxy) is 1. The monoisotopic (exact) mass is 412 g/mol. The second-order valence-electron chi connectivity index (χ2n) is 7.76. The van der Waals surface area contributed by atoms with Gasteiger partial charge in [-0.05, 0) is 34.9 Å². The Morgan fingerprint density at radius 1 is 0.774 bits per heavy atom. The van der Waals surface area contributed by atoms with Gasteiger partial charge in [-0.15, -0.1) is 0 Å². The van der Waals surface area contributed by atoms with Crippen molar-refractivity contribution in [3.05, 3.63) is 108 Å². The SMILES string of the molecule is O=C(C=Cc1ccc(OCc2ccccc2)cc1)N1CCN(Cc2ccccc2)CC1. The van der Waals surface area contributed by atoms with Crippen LogP contribution in [0.25, 0.3) is 6.08 Å². The maximum absolute atomic E-state index is 12.6. The van der Waals surface area contributed by atoms with E-state index in [1.54, 1.807) is 6.08 Å². The van der Waals surface area contributed by atoms with Crippen molar-refractivity contribution in [3.8, 4) is 5.75 Å². The first kappa shape index (κ1) is 20.9. The van der Waals surface area contributed by atoms with Gasteiger partial charge in [-0.25, -0.2) is 0 Å². The Morgan fingerprint density at radius 2 is 1.39 bits per heavy atom. The molecule has 0 unspecified atom stereocenters. The van der Waals surface area contributed by atoms with E-state index >= 15 is 0 Å². The number of hydrogen-bond acceptors (Lipinski definition) is 3. The van der Waals surface area contributed by atoms with Crippen molar-refractivity contribution >= 4 is 12.0 Å². The van der Waals surface area contributed by atoms with Gasteiger partial charge in [0.1, 0.15) is 12.4 Å².